The Morgan fingerprint density at radius 2 is 0.837 bits per heavy atom. The largest absolute Gasteiger partial charge is 0.456 e. The molecule has 0 radical (unpaired) electrons. The molecule has 0 aromatic heterocycles. The van der Waals surface area contributed by atoms with Crippen LogP contribution in [0.1, 0.15) is 0 Å². The van der Waals surface area contributed by atoms with Gasteiger partial charge in [-0.3, -0.25) is 0 Å². The van der Waals surface area contributed by atoms with Gasteiger partial charge >= 0.3 is 0 Å². The zero-order valence-corrected chi connectivity index (χ0v) is 27.8. The molecule has 0 N–H and O–H groups in total. The molecule has 0 saturated carbocycles. The molecule has 12 rings (SSSR count). The van der Waals surface area contributed by atoms with Gasteiger partial charge < -0.3 is 14.5 Å². The Morgan fingerprint density at radius 1 is 0.388 bits per heavy atom. The van der Waals surface area contributed by atoms with Crippen LogP contribution in [0.5, 0.6) is 11.5 Å². The minimum absolute atomic E-state index is 0.868. The molecular weight excluding hydrogens is 636 g/mol. The normalized spacial score (nSPS) is 16.8. The predicted molar refractivity (Wildman–Crippen MR) is 210 cm³/mol. The van der Waals surface area contributed by atoms with E-state index in [0.717, 1.165) is 56.2 Å². The second kappa shape index (κ2) is 9.06. The van der Waals surface area contributed by atoms with E-state index in [4.69, 9.17) is 16.5 Å². The van der Waals surface area contributed by atoms with E-state index >= 15 is 0 Å². The summed E-state index contributed by atoms with van der Waals surface area (Å²) in [5.41, 5.74) is 6.74. The fraction of sp³-hybridized carbons (Fsp3) is 0. The predicted octanol–water partition coefficient (Wildman–Crippen LogP) is 11.2. The van der Waals surface area contributed by atoms with E-state index in [-0.39, 0.29) is 0 Å². The molecule has 3 aliphatic heterocycles. The summed E-state index contributed by atoms with van der Waals surface area (Å²) in [6, 6.07) is 52.7. The average Bonchev–Trinajstić information content (AvgIpc) is 3.14. The third kappa shape index (κ3) is 3.22. The molecular formula is C44H25N2OPS. The molecule has 3 nitrogen and oxygen atoms in total. The summed E-state index contributed by atoms with van der Waals surface area (Å²) >= 11 is 7.12. The molecule has 0 fully saturated rings. The maximum Gasteiger partial charge on any atom is 0.138 e. The SMILES string of the molecule is S=P12c3c4cccc3N(c3ccc5ccccc5c3)c3cccc(c31)N(c1cc3ccc5cccc6ccc(c1)c3c56)c1cccc(c12)O4. The number of ether oxygens (including phenoxy) is 1. The summed E-state index contributed by atoms with van der Waals surface area (Å²) in [6.45, 7) is 0. The Hall–Kier alpha value is -5.67. The molecule has 0 aliphatic carbocycles. The van der Waals surface area contributed by atoms with E-state index in [2.05, 4.69) is 161 Å². The molecule has 0 spiro atoms. The van der Waals surface area contributed by atoms with Gasteiger partial charge in [0, 0.05) is 16.7 Å². The highest BCUT2D eigenvalue weighted by Gasteiger charge is 2.50. The summed E-state index contributed by atoms with van der Waals surface area (Å²) in [4.78, 5) is 4.85. The third-order valence-corrected chi connectivity index (χ3v) is 15.7. The summed E-state index contributed by atoms with van der Waals surface area (Å²) in [5, 5.41) is 13.6. The number of anilines is 6. The van der Waals surface area contributed by atoms with Crippen LogP contribution in [0.4, 0.5) is 34.1 Å². The van der Waals surface area contributed by atoms with E-state index in [1.807, 2.05) is 0 Å². The van der Waals surface area contributed by atoms with Gasteiger partial charge in [-0.05, 0) is 104 Å². The number of nitrogens with zero attached hydrogens (tertiary/aromatic N) is 2. The zero-order valence-electron chi connectivity index (χ0n) is 26.1. The first-order valence-electron chi connectivity index (χ1n) is 16.6. The number of rotatable bonds is 2. The van der Waals surface area contributed by atoms with Gasteiger partial charge in [0.2, 0.25) is 0 Å². The topological polar surface area (TPSA) is 15.7 Å². The molecule has 0 bridgehead atoms. The van der Waals surface area contributed by atoms with Gasteiger partial charge in [0.1, 0.15) is 11.5 Å². The van der Waals surface area contributed by atoms with Crippen molar-refractivity contribution < 1.29 is 4.74 Å². The van der Waals surface area contributed by atoms with Crippen LogP contribution in [0.2, 0.25) is 0 Å². The van der Waals surface area contributed by atoms with Gasteiger partial charge in [0.05, 0.1) is 39.4 Å². The fourth-order valence-electron chi connectivity index (χ4n) is 8.83. The molecule has 3 heterocycles. The number of benzene rings is 9. The van der Waals surface area contributed by atoms with Gasteiger partial charge in [0.25, 0.3) is 0 Å². The summed E-state index contributed by atoms with van der Waals surface area (Å²) in [5.74, 6) is 1.74. The molecule has 0 saturated heterocycles. The summed E-state index contributed by atoms with van der Waals surface area (Å²) in [7, 11) is 0. The first kappa shape index (κ1) is 26.3. The molecule has 0 amide bonds. The highest BCUT2D eigenvalue weighted by molar-refractivity contribution is 8.26. The van der Waals surface area contributed by atoms with Crippen LogP contribution >= 0.6 is 6.04 Å². The van der Waals surface area contributed by atoms with Crippen LogP contribution in [0.3, 0.4) is 0 Å². The monoisotopic (exact) mass is 660 g/mol. The van der Waals surface area contributed by atoms with Gasteiger partial charge in [-0.25, -0.2) is 0 Å². The van der Waals surface area contributed by atoms with Crippen molar-refractivity contribution in [2.45, 2.75) is 0 Å². The fourth-order valence-corrected chi connectivity index (χ4v) is 14.0. The van der Waals surface area contributed by atoms with Crippen molar-refractivity contribution in [3.8, 4) is 11.5 Å². The van der Waals surface area contributed by atoms with Crippen molar-refractivity contribution in [2.24, 2.45) is 0 Å². The standard InChI is InChI=1S/C44H25N2OPS/c49-48-42-34-11-4-12-35(42)46(33-24-30-19-17-27-9-3-10-28-18-20-31(25-33)41(30)40(27)28)37-14-6-16-39(44(37)48)47-38-15-5-13-36(43(38)48)45(34)32-22-21-26-7-1-2-8-29(26)23-32/h1-25H. The lowest BCUT2D eigenvalue weighted by Gasteiger charge is -2.48. The first-order valence-corrected chi connectivity index (χ1v) is 19.4. The van der Waals surface area contributed by atoms with Crippen LogP contribution in [0.15, 0.2) is 152 Å². The van der Waals surface area contributed by atoms with Crippen molar-refractivity contribution in [3.05, 3.63) is 152 Å². The van der Waals surface area contributed by atoms with Crippen LogP contribution in [0.25, 0.3) is 43.1 Å². The smallest absolute Gasteiger partial charge is 0.138 e. The van der Waals surface area contributed by atoms with Gasteiger partial charge in [0.15, 0.2) is 0 Å². The highest BCUT2D eigenvalue weighted by atomic mass is 32.4. The molecule has 49 heavy (non-hydrogen) atoms. The Balaban J connectivity index is 1.18. The van der Waals surface area contributed by atoms with E-state index in [1.165, 1.54) is 48.4 Å². The van der Waals surface area contributed by atoms with Crippen molar-refractivity contribution in [1.29, 1.82) is 0 Å². The number of fused-ring (bicyclic) bond motifs is 1. The van der Waals surface area contributed by atoms with Crippen LogP contribution < -0.4 is 30.5 Å². The van der Waals surface area contributed by atoms with Crippen molar-refractivity contribution in [3.63, 3.8) is 0 Å². The lowest BCUT2D eigenvalue weighted by atomic mass is 9.93. The molecule has 9 aromatic rings. The third-order valence-electron chi connectivity index (χ3n) is 10.8. The van der Waals surface area contributed by atoms with Crippen LogP contribution in [-0.4, -0.2) is 0 Å². The van der Waals surface area contributed by atoms with Gasteiger partial charge in [-0.15, -0.1) is 0 Å². The van der Waals surface area contributed by atoms with Crippen LogP contribution in [-0.2, 0) is 11.8 Å². The molecule has 5 heteroatoms. The Morgan fingerprint density at radius 3 is 1.49 bits per heavy atom. The van der Waals surface area contributed by atoms with E-state index in [0.29, 0.717) is 0 Å². The lowest BCUT2D eigenvalue weighted by Crippen LogP contribution is -2.45. The van der Waals surface area contributed by atoms with Crippen molar-refractivity contribution >= 4 is 111 Å². The summed E-state index contributed by atoms with van der Waals surface area (Å²) in [6.07, 6.45) is 0. The number of hydrogen-bond donors (Lipinski definition) is 0. The first-order chi connectivity index (χ1) is 24.2. The summed E-state index contributed by atoms with van der Waals surface area (Å²) < 4.78 is 6.82. The van der Waals surface area contributed by atoms with Crippen molar-refractivity contribution in [2.75, 3.05) is 9.80 Å². The van der Waals surface area contributed by atoms with Crippen molar-refractivity contribution in [1.82, 2.24) is 0 Å². The molecule has 3 aliphatic rings. The average molecular weight is 661 g/mol. The van der Waals surface area contributed by atoms with E-state index in [1.54, 1.807) is 0 Å². The Bertz CT molecular complexity index is 2920. The second-order valence-electron chi connectivity index (χ2n) is 13.3. The van der Waals surface area contributed by atoms with Crippen LogP contribution in [0, 0.1) is 0 Å². The number of hydrogen-bond acceptors (Lipinski definition) is 4. The zero-order chi connectivity index (χ0) is 32.0. The highest BCUT2D eigenvalue weighted by Crippen LogP contribution is 2.66. The van der Waals surface area contributed by atoms with E-state index < -0.39 is 6.04 Å². The minimum atomic E-state index is -2.53. The quantitative estimate of drug-likeness (QED) is 0.135. The molecule has 9 aromatic carbocycles. The maximum atomic E-state index is 7.12. The maximum absolute atomic E-state index is 7.12. The Kier molecular flexibility index (Phi) is 4.86. The minimum Gasteiger partial charge on any atom is -0.456 e. The van der Waals surface area contributed by atoms with Gasteiger partial charge in [-0.2, -0.15) is 0 Å². The van der Waals surface area contributed by atoms with Gasteiger partial charge in [-0.1, -0.05) is 103 Å². The molecule has 228 valence electrons. The second-order valence-corrected chi connectivity index (χ2v) is 17.5. The lowest BCUT2D eigenvalue weighted by molar-refractivity contribution is 0.488. The van der Waals surface area contributed by atoms with E-state index in [9.17, 15) is 0 Å². The molecule has 1 unspecified atom stereocenters. The molecule has 1 atom stereocenters. The Labute approximate surface area is 287 Å².